The molecule has 1 aromatic heterocycles. The third kappa shape index (κ3) is 3.84. The number of amides is 1. The lowest BCUT2D eigenvalue weighted by Gasteiger charge is -2.20. The fourth-order valence-electron chi connectivity index (χ4n) is 2.80. The number of carbonyl (C=O) groups excluding carboxylic acids is 1. The molecule has 116 valence electrons. The molecule has 2 rings (SSSR count). The van der Waals surface area contributed by atoms with Crippen LogP contribution in [0, 0.1) is 11.8 Å². The Morgan fingerprint density at radius 1 is 1.48 bits per heavy atom. The van der Waals surface area contributed by atoms with Crippen molar-refractivity contribution in [3.8, 4) is 0 Å². The summed E-state index contributed by atoms with van der Waals surface area (Å²) in [7, 11) is 0. The van der Waals surface area contributed by atoms with Crippen molar-refractivity contribution in [2.45, 2.75) is 52.5 Å². The number of hydrogen-bond donors (Lipinski definition) is 2. The summed E-state index contributed by atoms with van der Waals surface area (Å²) in [6.45, 7) is 6.14. The maximum absolute atomic E-state index is 12.4. The lowest BCUT2D eigenvalue weighted by Crippen LogP contribution is -2.41. The van der Waals surface area contributed by atoms with Crippen molar-refractivity contribution in [2.75, 3.05) is 0 Å². The number of aliphatic carboxylic acids is 1. The van der Waals surface area contributed by atoms with Crippen LogP contribution in [-0.4, -0.2) is 23.0 Å². The highest BCUT2D eigenvalue weighted by molar-refractivity contribution is 7.10. The summed E-state index contributed by atoms with van der Waals surface area (Å²) < 4.78 is 0. The standard InChI is InChI=1S/C16H23NO3S/c1-9(2)6-13(16(19)20)17-15(18)12-8-21-14-7-10(3)4-5-11(12)14/h8-10,13H,4-7H2,1-3H3,(H,17,18)(H,19,20)/t10-,13+/m1/s1. The van der Waals surface area contributed by atoms with E-state index in [1.165, 1.54) is 4.88 Å². The molecule has 0 radical (unpaired) electrons. The van der Waals surface area contributed by atoms with Crippen LogP contribution in [0.25, 0.3) is 0 Å². The van der Waals surface area contributed by atoms with Crippen LogP contribution in [0.3, 0.4) is 0 Å². The fourth-order valence-corrected chi connectivity index (χ4v) is 4.04. The van der Waals surface area contributed by atoms with Crippen LogP contribution in [0.2, 0.25) is 0 Å². The van der Waals surface area contributed by atoms with Gasteiger partial charge in [0.15, 0.2) is 0 Å². The predicted octanol–water partition coefficient (Wildman–Crippen LogP) is 3.10. The first-order valence-corrected chi connectivity index (χ1v) is 8.39. The van der Waals surface area contributed by atoms with Crippen molar-refractivity contribution < 1.29 is 14.7 Å². The van der Waals surface area contributed by atoms with Crippen molar-refractivity contribution in [1.82, 2.24) is 5.32 Å². The minimum atomic E-state index is -0.963. The third-order valence-corrected chi connectivity index (χ3v) is 5.01. The zero-order valence-corrected chi connectivity index (χ0v) is 13.6. The quantitative estimate of drug-likeness (QED) is 0.878. The van der Waals surface area contributed by atoms with E-state index in [1.54, 1.807) is 11.3 Å². The second kappa shape index (κ2) is 6.60. The highest BCUT2D eigenvalue weighted by atomic mass is 32.1. The first-order chi connectivity index (χ1) is 9.88. The number of hydrogen-bond acceptors (Lipinski definition) is 3. The van der Waals surface area contributed by atoms with E-state index in [0.29, 0.717) is 17.9 Å². The van der Waals surface area contributed by atoms with Crippen LogP contribution in [0.15, 0.2) is 5.38 Å². The number of nitrogens with one attached hydrogen (secondary N) is 1. The monoisotopic (exact) mass is 309 g/mol. The minimum Gasteiger partial charge on any atom is -0.480 e. The lowest BCUT2D eigenvalue weighted by atomic mass is 9.88. The second-order valence-electron chi connectivity index (χ2n) is 6.39. The highest BCUT2D eigenvalue weighted by Gasteiger charge is 2.26. The normalized spacial score (nSPS) is 19.1. The molecule has 0 unspecified atom stereocenters. The summed E-state index contributed by atoms with van der Waals surface area (Å²) in [5, 5.41) is 13.8. The molecule has 5 heteroatoms. The van der Waals surface area contributed by atoms with Gasteiger partial charge in [0.2, 0.25) is 0 Å². The Balaban J connectivity index is 2.11. The number of carboxylic acids is 1. The Morgan fingerprint density at radius 2 is 2.19 bits per heavy atom. The molecule has 1 aliphatic carbocycles. The molecule has 1 aromatic rings. The van der Waals surface area contributed by atoms with E-state index >= 15 is 0 Å². The van der Waals surface area contributed by atoms with E-state index in [0.717, 1.165) is 24.8 Å². The molecule has 1 heterocycles. The Bertz CT molecular complexity index is 536. The molecule has 0 saturated carbocycles. The van der Waals surface area contributed by atoms with Gasteiger partial charge in [-0.3, -0.25) is 4.79 Å². The molecule has 0 aromatic carbocycles. The maximum Gasteiger partial charge on any atom is 0.326 e. The zero-order valence-electron chi connectivity index (χ0n) is 12.8. The van der Waals surface area contributed by atoms with Gasteiger partial charge in [-0.15, -0.1) is 11.3 Å². The average molecular weight is 309 g/mol. The van der Waals surface area contributed by atoms with Crippen molar-refractivity contribution in [2.24, 2.45) is 11.8 Å². The molecule has 0 fully saturated rings. The first kappa shape index (κ1) is 16.0. The number of fused-ring (bicyclic) bond motifs is 1. The molecule has 1 aliphatic rings. The summed E-state index contributed by atoms with van der Waals surface area (Å²) >= 11 is 1.63. The SMILES string of the molecule is CC(C)C[C@H](NC(=O)c1csc2c1CC[C@@H](C)C2)C(=O)O. The second-order valence-corrected chi connectivity index (χ2v) is 7.36. The molecule has 2 atom stereocenters. The van der Waals surface area contributed by atoms with Crippen LogP contribution in [0.1, 0.15) is 54.4 Å². The van der Waals surface area contributed by atoms with Crippen LogP contribution < -0.4 is 5.32 Å². The maximum atomic E-state index is 12.4. The fraction of sp³-hybridized carbons (Fsp3) is 0.625. The minimum absolute atomic E-state index is 0.226. The van der Waals surface area contributed by atoms with Gasteiger partial charge in [-0.05, 0) is 43.1 Å². The van der Waals surface area contributed by atoms with Gasteiger partial charge in [-0.25, -0.2) is 4.79 Å². The molecular weight excluding hydrogens is 286 g/mol. The number of carbonyl (C=O) groups is 2. The Labute approximate surface area is 129 Å². The van der Waals surface area contributed by atoms with Crippen molar-refractivity contribution in [3.63, 3.8) is 0 Å². The zero-order chi connectivity index (χ0) is 15.6. The molecule has 4 nitrogen and oxygen atoms in total. The van der Waals surface area contributed by atoms with Crippen molar-refractivity contribution >= 4 is 23.2 Å². The van der Waals surface area contributed by atoms with E-state index in [-0.39, 0.29) is 11.8 Å². The molecule has 0 spiro atoms. The van der Waals surface area contributed by atoms with Crippen LogP contribution in [-0.2, 0) is 17.6 Å². The van der Waals surface area contributed by atoms with Crippen molar-refractivity contribution in [1.29, 1.82) is 0 Å². The molecule has 2 N–H and O–H groups in total. The van der Waals surface area contributed by atoms with E-state index < -0.39 is 12.0 Å². The Hall–Kier alpha value is -1.36. The lowest BCUT2D eigenvalue weighted by molar-refractivity contribution is -0.139. The smallest absolute Gasteiger partial charge is 0.326 e. The molecule has 0 aliphatic heterocycles. The highest BCUT2D eigenvalue weighted by Crippen LogP contribution is 2.32. The number of rotatable bonds is 5. The van der Waals surface area contributed by atoms with E-state index in [4.69, 9.17) is 0 Å². The van der Waals surface area contributed by atoms with Gasteiger partial charge >= 0.3 is 5.97 Å². The number of carboxylic acid groups (broad SMARTS) is 1. The van der Waals surface area contributed by atoms with Gasteiger partial charge in [0.1, 0.15) is 6.04 Å². The largest absolute Gasteiger partial charge is 0.480 e. The van der Waals surface area contributed by atoms with Gasteiger partial charge in [-0.2, -0.15) is 0 Å². The first-order valence-electron chi connectivity index (χ1n) is 7.51. The summed E-state index contributed by atoms with van der Waals surface area (Å²) in [4.78, 5) is 24.9. The van der Waals surface area contributed by atoms with Gasteiger partial charge < -0.3 is 10.4 Å². The van der Waals surface area contributed by atoms with Crippen LogP contribution in [0.4, 0.5) is 0 Å². The molecule has 0 bridgehead atoms. The molecular formula is C16H23NO3S. The van der Waals surface area contributed by atoms with E-state index in [1.807, 2.05) is 19.2 Å². The Kier molecular flexibility index (Phi) is 5.04. The van der Waals surface area contributed by atoms with E-state index in [9.17, 15) is 14.7 Å². The third-order valence-electron chi connectivity index (χ3n) is 3.96. The van der Waals surface area contributed by atoms with Gasteiger partial charge in [0.25, 0.3) is 5.91 Å². The van der Waals surface area contributed by atoms with Crippen LogP contribution in [0.5, 0.6) is 0 Å². The Morgan fingerprint density at radius 3 is 2.81 bits per heavy atom. The molecule has 21 heavy (non-hydrogen) atoms. The summed E-state index contributed by atoms with van der Waals surface area (Å²) in [5.41, 5.74) is 1.81. The van der Waals surface area contributed by atoms with Crippen LogP contribution >= 0.6 is 11.3 Å². The molecule has 0 saturated heterocycles. The predicted molar refractivity (Wildman–Crippen MR) is 83.9 cm³/mol. The summed E-state index contributed by atoms with van der Waals surface area (Å²) in [6.07, 6.45) is 3.50. The summed E-state index contributed by atoms with van der Waals surface area (Å²) in [5.74, 6) is -0.312. The van der Waals surface area contributed by atoms with Gasteiger partial charge in [-0.1, -0.05) is 20.8 Å². The number of thiophene rings is 1. The van der Waals surface area contributed by atoms with Gasteiger partial charge in [0.05, 0.1) is 5.56 Å². The average Bonchev–Trinajstić information content (AvgIpc) is 2.80. The van der Waals surface area contributed by atoms with E-state index in [2.05, 4.69) is 12.2 Å². The van der Waals surface area contributed by atoms with Crippen molar-refractivity contribution in [3.05, 3.63) is 21.4 Å². The topological polar surface area (TPSA) is 66.4 Å². The summed E-state index contributed by atoms with van der Waals surface area (Å²) in [6, 6.07) is -0.810. The van der Waals surface area contributed by atoms with Gasteiger partial charge in [0, 0.05) is 10.3 Å². The molecule has 1 amide bonds.